The highest BCUT2D eigenvalue weighted by molar-refractivity contribution is 5.67. The molecule has 21 heavy (non-hydrogen) atoms. The van der Waals surface area contributed by atoms with Gasteiger partial charge in [0, 0.05) is 31.0 Å². The molecule has 0 amide bonds. The van der Waals surface area contributed by atoms with Crippen LogP contribution in [0.5, 0.6) is 0 Å². The Balaban J connectivity index is 2.17. The van der Waals surface area contributed by atoms with Crippen molar-refractivity contribution in [2.24, 2.45) is 11.8 Å². The summed E-state index contributed by atoms with van der Waals surface area (Å²) in [5, 5.41) is 9.10. The lowest BCUT2D eigenvalue weighted by Crippen LogP contribution is -2.39. The number of nitrogens with zero attached hydrogens (tertiary/aromatic N) is 1. The van der Waals surface area contributed by atoms with Crippen molar-refractivity contribution in [3.8, 4) is 0 Å². The first-order valence-electron chi connectivity index (χ1n) is 7.49. The van der Waals surface area contributed by atoms with Crippen molar-refractivity contribution in [3.63, 3.8) is 0 Å². The third-order valence-corrected chi connectivity index (χ3v) is 4.42. The van der Waals surface area contributed by atoms with Crippen molar-refractivity contribution in [1.82, 2.24) is 4.90 Å². The van der Waals surface area contributed by atoms with Crippen molar-refractivity contribution >= 4 is 12.3 Å². The SMILES string of the molecule is CC(C)[C@@H](CC(=O)O)N1C[C@H](c2ccccc2)[C@@H](C=O)C1. The third kappa shape index (κ3) is 3.70. The van der Waals surface area contributed by atoms with Crippen LogP contribution in [0.1, 0.15) is 31.7 Å². The number of hydrogen-bond acceptors (Lipinski definition) is 3. The zero-order valence-electron chi connectivity index (χ0n) is 12.6. The van der Waals surface area contributed by atoms with Gasteiger partial charge in [-0.25, -0.2) is 0 Å². The molecule has 1 aromatic rings. The predicted octanol–water partition coefficient (Wildman–Crippen LogP) is 2.40. The number of likely N-dealkylation sites (tertiary alicyclic amines) is 1. The Morgan fingerprint density at radius 3 is 2.52 bits per heavy atom. The lowest BCUT2D eigenvalue weighted by atomic mass is 9.90. The van der Waals surface area contributed by atoms with Gasteiger partial charge in [0.1, 0.15) is 6.29 Å². The van der Waals surface area contributed by atoms with E-state index >= 15 is 0 Å². The molecule has 1 aliphatic heterocycles. The van der Waals surface area contributed by atoms with Gasteiger partial charge in [0.2, 0.25) is 0 Å². The average molecular weight is 289 g/mol. The predicted molar refractivity (Wildman–Crippen MR) is 81.2 cm³/mol. The molecule has 1 aromatic carbocycles. The Hall–Kier alpha value is -1.68. The highest BCUT2D eigenvalue weighted by Gasteiger charge is 2.38. The van der Waals surface area contributed by atoms with Crippen LogP contribution in [0, 0.1) is 11.8 Å². The fourth-order valence-electron chi connectivity index (χ4n) is 3.29. The Bertz CT molecular complexity index is 486. The minimum absolute atomic E-state index is 0.0151. The molecule has 0 aromatic heterocycles. The largest absolute Gasteiger partial charge is 0.481 e. The molecule has 1 saturated heterocycles. The van der Waals surface area contributed by atoms with Crippen LogP contribution in [0.15, 0.2) is 30.3 Å². The van der Waals surface area contributed by atoms with Crippen molar-refractivity contribution < 1.29 is 14.7 Å². The van der Waals surface area contributed by atoms with Gasteiger partial charge in [-0.05, 0) is 11.5 Å². The molecule has 0 bridgehead atoms. The molecule has 1 N–H and O–H groups in total. The van der Waals surface area contributed by atoms with Crippen LogP contribution in [0.25, 0.3) is 0 Å². The number of benzene rings is 1. The zero-order chi connectivity index (χ0) is 15.4. The maximum absolute atomic E-state index is 11.4. The summed E-state index contributed by atoms with van der Waals surface area (Å²) in [6, 6.07) is 10.0. The highest BCUT2D eigenvalue weighted by Crippen LogP contribution is 2.34. The fraction of sp³-hybridized carbons (Fsp3) is 0.529. The molecule has 1 fully saturated rings. The number of carboxylic acids is 1. The minimum Gasteiger partial charge on any atom is -0.481 e. The van der Waals surface area contributed by atoms with E-state index in [1.165, 1.54) is 0 Å². The fourth-order valence-corrected chi connectivity index (χ4v) is 3.29. The van der Waals surface area contributed by atoms with Gasteiger partial charge in [-0.1, -0.05) is 44.2 Å². The molecular formula is C17H23NO3. The molecule has 4 nitrogen and oxygen atoms in total. The van der Waals surface area contributed by atoms with Gasteiger partial charge in [-0.2, -0.15) is 0 Å². The van der Waals surface area contributed by atoms with Crippen LogP contribution in [-0.2, 0) is 9.59 Å². The normalized spacial score (nSPS) is 24.1. The standard InChI is InChI=1S/C17H23NO3/c1-12(2)16(8-17(20)21)18-9-14(11-19)15(10-18)13-6-4-3-5-7-13/h3-7,11-12,14-16H,8-10H2,1-2H3,(H,20,21)/t14-,15-,16-/m1/s1. The number of aldehydes is 1. The molecule has 2 rings (SSSR count). The van der Waals surface area contributed by atoms with E-state index in [9.17, 15) is 9.59 Å². The molecule has 0 aliphatic carbocycles. The number of carboxylic acid groups (broad SMARTS) is 1. The third-order valence-electron chi connectivity index (χ3n) is 4.42. The minimum atomic E-state index is -0.778. The van der Waals surface area contributed by atoms with Crippen LogP contribution in [0.2, 0.25) is 0 Å². The second kappa shape index (κ2) is 6.85. The molecule has 0 unspecified atom stereocenters. The van der Waals surface area contributed by atoms with E-state index in [1.807, 2.05) is 44.2 Å². The molecule has 0 spiro atoms. The van der Waals surface area contributed by atoms with E-state index in [1.54, 1.807) is 0 Å². The Kier molecular flexibility index (Phi) is 5.12. The zero-order valence-corrected chi connectivity index (χ0v) is 12.6. The van der Waals surface area contributed by atoms with Gasteiger partial charge in [-0.3, -0.25) is 9.69 Å². The first-order chi connectivity index (χ1) is 10.0. The molecule has 1 heterocycles. The Labute approximate surface area is 125 Å². The van der Waals surface area contributed by atoms with Crippen LogP contribution >= 0.6 is 0 Å². The maximum Gasteiger partial charge on any atom is 0.304 e. The molecule has 1 aliphatic rings. The van der Waals surface area contributed by atoms with Gasteiger partial charge in [0.05, 0.1) is 6.42 Å². The van der Waals surface area contributed by atoms with Crippen LogP contribution < -0.4 is 0 Å². The smallest absolute Gasteiger partial charge is 0.304 e. The summed E-state index contributed by atoms with van der Waals surface area (Å²) in [7, 11) is 0. The van der Waals surface area contributed by atoms with Gasteiger partial charge in [0.25, 0.3) is 0 Å². The van der Waals surface area contributed by atoms with E-state index in [0.29, 0.717) is 6.54 Å². The number of carbonyl (C=O) groups excluding carboxylic acids is 1. The van der Waals surface area contributed by atoms with Gasteiger partial charge < -0.3 is 9.90 Å². The molecule has 0 saturated carbocycles. The Morgan fingerprint density at radius 1 is 1.33 bits per heavy atom. The highest BCUT2D eigenvalue weighted by atomic mass is 16.4. The first-order valence-corrected chi connectivity index (χ1v) is 7.49. The van der Waals surface area contributed by atoms with Crippen molar-refractivity contribution in [1.29, 1.82) is 0 Å². The van der Waals surface area contributed by atoms with Gasteiger partial charge in [-0.15, -0.1) is 0 Å². The quantitative estimate of drug-likeness (QED) is 0.817. The summed E-state index contributed by atoms with van der Waals surface area (Å²) in [5.74, 6) is -0.413. The molecule has 0 radical (unpaired) electrons. The van der Waals surface area contributed by atoms with E-state index < -0.39 is 5.97 Å². The van der Waals surface area contributed by atoms with Crippen LogP contribution in [0.4, 0.5) is 0 Å². The van der Waals surface area contributed by atoms with E-state index in [0.717, 1.165) is 18.4 Å². The van der Waals surface area contributed by atoms with E-state index in [-0.39, 0.29) is 30.2 Å². The molecule has 3 atom stereocenters. The van der Waals surface area contributed by atoms with Gasteiger partial charge >= 0.3 is 5.97 Å². The monoisotopic (exact) mass is 289 g/mol. The summed E-state index contributed by atoms with van der Waals surface area (Å²) in [6.45, 7) is 5.49. The van der Waals surface area contributed by atoms with E-state index in [2.05, 4.69) is 4.90 Å². The lowest BCUT2D eigenvalue weighted by Gasteiger charge is -2.30. The van der Waals surface area contributed by atoms with Crippen molar-refractivity contribution in [3.05, 3.63) is 35.9 Å². The van der Waals surface area contributed by atoms with Crippen LogP contribution in [-0.4, -0.2) is 41.4 Å². The van der Waals surface area contributed by atoms with Gasteiger partial charge in [0.15, 0.2) is 0 Å². The lowest BCUT2D eigenvalue weighted by molar-refractivity contribution is -0.138. The molecular weight excluding hydrogens is 266 g/mol. The van der Waals surface area contributed by atoms with Crippen molar-refractivity contribution in [2.45, 2.75) is 32.2 Å². The van der Waals surface area contributed by atoms with Crippen LogP contribution in [0.3, 0.4) is 0 Å². The van der Waals surface area contributed by atoms with Crippen molar-refractivity contribution in [2.75, 3.05) is 13.1 Å². The summed E-state index contributed by atoms with van der Waals surface area (Å²) in [5.41, 5.74) is 1.16. The number of aliphatic carboxylic acids is 1. The number of hydrogen-bond donors (Lipinski definition) is 1. The Morgan fingerprint density at radius 2 is 2.00 bits per heavy atom. The first kappa shape index (κ1) is 15.7. The second-order valence-electron chi connectivity index (χ2n) is 6.18. The average Bonchev–Trinajstić information content (AvgIpc) is 2.89. The number of rotatable bonds is 6. The summed E-state index contributed by atoms with van der Waals surface area (Å²) in [6.07, 6.45) is 1.15. The molecule has 114 valence electrons. The van der Waals surface area contributed by atoms with E-state index in [4.69, 9.17) is 5.11 Å². The summed E-state index contributed by atoms with van der Waals surface area (Å²) >= 11 is 0. The maximum atomic E-state index is 11.4. The second-order valence-corrected chi connectivity index (χ2v) is 6.18. The topological polar surface area (TPSA) is 57.6 Å². The number of carbonyl (C=O) groups is 2. The summed E-state index contributed by atoms with van der Waals surface area (Å²) in [4.78, 5) is 24.7. The summed E-state index contributed by atoms with van der Waals surface area (Å²) < 4.78 is 0. The molecule has 4 heteroatoms.